The molecule has 0 bridgehead atoms. The summed E-state index contributed by atoms with van der Waals surface area (Å²) in [5.41, 5.74) is 2.24. The van der Waals surface area contributed by atoms with Gasteiger partial charge in [-0.1, -0.05) is 36.4 Å². The Bertz CT molecular complexity index is 648. The van der Waals surface area contributed by atoms with Crippen molar-refractivity contribution in [3.05, 3.63) is 66.0 Å². The Kier molecular flexibility index (Phi) is 5.56. The summed E-state index contributed by atoms with van der Waals surface area (Å²) >= 11 is 0. The molecule has 126 valence electrons. The lowest BCUT2D eigenvalue weighted by Gasteiger charge is -2.32. The number of rotatable bonds is 5. The second-order valence-corrected chi connectivity index (χ2v) is 6.10. The largest absolute Gasteiger partial charge is 0.366 e. The zero-order chi connectivity index (χ0) is 16.8. The number of pyridine rings is 1. The highest BCUT2D eigenvalue weighted by Crippen LogP contribution is 2.14. The van der Waals surface area contributed by atoms with Crippen molar-refractivity contribution in [1.29, 1.82) is 0 Å². The molecule has 1 aromatic heterocycles. The Morgan fingerprint density at radius 2 is 2.17 bits per heavy atom. The minimum atomic E-state index is -0.429. The molecule has 2 atom stereocenters. The fourth-order valence-corrected chi connectivity index (χ4v) is 2.87. The van der Waals surface area contributed by atoms with Crippen LogP contribution in [0.25, 0.3) is 0 Å². The van der Waals surface area contributed by atoms with Crippen LogP contribution in [-0.2, 0) is 16.1 Å². The van der Waals surface area contributed by atoms with Crippen LogP contribution < -0.4 is 5.32 Å². The average Bonchev–Trinajstić information content (AvgIpc) is 2.63. The van der Waals surface area contributed by atoms with Gasteiger partial charge >= 0.3 is 0 Å². The van der Waals surface area contributed by atoms with E-state index in [2.05, 4.69) is 27.3 Å². The molecule has 0 radical (unpaired) electrons. The Hall–Kier alpha value is -2.24. The molecule has 1 aliphatic heterocycles. The summed E-state index contributed by atoms with van der Waals surface area (Å²) in [6.07, 6.45) is 3.07. The standard InChI is InChI=1S/C19H23N3O2/c1-15(17-8-5-9-20-12-17)21-19(23)18-14-22(10-11-24-18)13-16-6-3-2-4-7-16/h2-9,12,15,18H,10-11,13-14H2,1H3,(H,21,23). The van der Waals surface area contributed by atoms with Gasteiger partial charge in [-0.2, -0.15) is 0 Å². The monoisotopic (exact) mass is 325 g/mol. The number of ether oxygens (including phenoxy) is 1. The normalized spacial score (nSPS) is 19.6. The Morgan fingerprint density at radius 1 is 1.33 bits per heavy atom. The van der Waals surface area contributed by atoms with Gasteiger partial charge in [-0.25, -0.2) is 0 Å². The van der Waals surface area contributed by atoms with Crippen molar-refractivity contribution in [3.63, 3.8) is 0 Å². The maximum Gasteiger partial charge on any atom is 0.250 e. The summed E-state index contributed by atoms with van der Waals surface area (Å²) in [6.45, 7) is 4.83. The Morgan fingerprint density at radius 3 is 2.92 bits per heavy atom. The molecule has 2 unspecified atom stereocenters. The third-order valence-electron chi connectivity index (χ3n) is 4.24. The minimum Gasteiger partial charge on any atom is -0.366 e. The van der Waals surface area contributed by atoms with Gasteiger partial charge < -0.3 is 10.1 Å². The van der Waals surface area contributed by atoms with Gasteiger partial charge in [0.25, 0.3) is 5.91 Å². The van der Waals surface area contributed by atoms with Crippen LogP contribution in [0.2, 0.25) is 0 Å². The lowest BCUT2D eigenvalue weighted by molar-refractivity contribution is -0.139. The third kappa shape index (κ3) is 4.40. The molecule has 1 aliphatic rings. The van der Waals surface area contributed by atoms with Crippen LogP contribution >= 0.6 is 0 Å². The van der Waals surface area contributed by atoms with Gasteiger partial charge in [-0.3, -0.25) is 14.7 Å². The van der Waals surface area contributed by atoms with Crippen molar-refractivity contribution in [3.8, 4) is 0 Å². The Labute approximate surface area is 142 Å². The number of carbonyl (C=O) groups is 1. The van der Waals surface area contributed by atoms with E-state index in [1.807, 2.05) is 37.3 Å². The molecule has 1 fully saturated rings. The van der Waals surface area contributed by atoms with Crippen LogP contribution in [0.4, 0.5) is 0 Å². The van der Waals surface area contributed by atoms with E-state index in [9.17, 15) is 4.79 Å². The molecule has 0 saturated carbocycles. The molecule has 1 aromatic carbocycles. The quantitative estimate of drug-likeness (QED) is 0.915. The van der Waals surface area contributed by atoms with Crippen LogP contribution in [0.5, 0.6) is 0 Å². The van der Waals surface area contributed by atoms with E-state index in [0.29, 0.717) is 13.2 Å². The van der Waals surface area contributed by atoms with Crippen molar-refractivity contribution in [2.45, 2.75) is 25.6 Å². The topological polar surface area (TPSA) is 54.5 Å². The van der Waals surface area contributed by atoms with Crippen molar-refractivity contribution in [2.75, 3.05) is 19.7 Å². The van der Waals surface area contributed by atoms with Crippen molar-refractivity contribution in [1.82, 2.24) is 15.2 Å². The number of carbonyl (C=O) groups excluding carboxylic acids is 1. The molecule has 3 rings (SSSR count). The van der Waals surface area contributed by atoms with Crippen LogP contribution in [0.15, 0.2) is 54.9 Å². The number of morpholine rings is 1. The summed E-state index contributed by atoms with van der Waals surface area (Å²) in [6, 6.07) is 14.0. The summed E-state index contributed by atoms with van der Waals surface area (Å²) in [4.78, 5) is 18.9. The zero-order valence-electron chi connectivity index (χ0n) is 13.9. The van der Waals surface area contributed by atoms with Gasteiger partial charge in [-0.15, -0.1) is 0 Å². The number of amides is 1. The average molecular weight is 325 g/mol. The van der Waals surface area contributed by atoms with E-state index < -0.39 is 6.10 Å². The van der Waals surface area contributed by atoms with Gasteiger partial charge in [-0.05, 0) is 24.1 Å². The summed E-state index contributed by atoms with van der Waals surface area (Å²) in [5.74, 6) is -0.0656. The first-order chi connectivity index (χ1) is 11.7. The predicted octanol–water partition coefficient (Wildman–Crippen LogP) is 2.16. The van der Waals surface area contributed by atoms with Crippen LogP contribution in [0.1, 0.15) is 24.1 Å². The van der Waals surface area contributed by atoms with Crippen LogP contribution in [0.3, 0.4) is 0 Å². The van der Waals surface area contributed by atoms with E-state index in [1.54, 1.807) is 12.4 Å². The SMILES string of the molecule is CC(NC(=O)C1CN(Cc2ccccc2)CCO1)c1cccnc1. The molecular weight excluding hydrogens is 302 g/mol. The molecule has 1 saturated heterocycles. The molecule has 2 aromatic rings. The highest BCUT2D eigenvalue weighted by molar-refractivity contribution is 5.81. The number of aromatic nitrogens is 1. The molecule has 24 heavy (non-hydrogen) atoms. The van der Waals surface area contributed by atoms with E-state index in [1.165, 1.54) is 5.56 Å². The van der Waals surface area contributed by atoms with Crippen LogP contribution in [0, 0.1) is 0 Å². The highest BCUT2D eigenvalue weighted by atomic mass is 16.5. The minimum absolute atomic E-state index is 0.0656. The molecule has 2 heterocycles. The third-order valence-corrected chi connectivity index (χ3v) is 4.24. The van der Waals surface area contributed by atoms with Crippen LogP contribution in [-0.4, -0.2) is 41.6 Å². The maximum atomic E-state index is 12.5. The number of nitrogens with one attached hydrogen (secondary N) is 1. The second kappa shape index (κ2) is 8.04. The van der Waals surface area contributed by atoms with Gasteiger partial charge in [0.1, 0.15) is 6.10 Å². The molecule has 5 nitrogen and oxygen atoms in total. The first-order valence-corrected chi connectivity index (χ1v) is 8.30. The van der Waals surface area contributed by atoms with Gasteiger partial charge in [0.05, 0.1) is 12.6 Å². The van der Waals surface area contributed by atoms with E-state index >= 15 is 0 Å². The van der Waals surface area contributed by atoms with E-state index in [4.69, 9.17) is 4.74 Å². The van der Waals surface area contributed by atoms with Gasteiger partial charge in [0.15, 0.2) is 0 Å². The zero-order valence-corrected chi connectivity index (χ0v) is 13.9. The first kappa shape index (κ1) is 16.6. The van der Waals surface area contributed by atoms with Crippen molar-refractivity contribution < 1.29 is 9.53 Å². The molecule has 1 amide bonds. The summed E-state index contributed by atoms with van der Waals surface area (Å²) in [7, 11) is 0. The van der Waals surface area contributed by atoms with Crippen molar-refractivity contribution in [2.24, 2.45) is 0 Å². The van der Waals surface area contributed by atoms with E-state index in [-0.39, 0.29) is 11.9 Å². The number of hydrogen-bond acceptors (Lipinski definition) is 4. The summed E-state index contributed by atoms with van der Waals surface area (Å²) < 4.78 is 5.68. The second-order valence-electron chi connectivity index (χ2n) is 6.10. The molecule has 0 aliphatic carbocycles. The van der Waals surface area contributed by atoms with Crippen molar-refractivity contribution >= 4 is 5.91 Å². The molecule has 0 spiro atoms. The van der Waals surface area contributed by atoms with Gasteiger partial charge in [0, 0.05) is 32.0 Å². The first-order valence-electron chi connectivity index (χ1n) is 8.30. The Balaban J connectivity index is 1.55. The fraction of sp³-hybridized carbons (Fsp3) is 0.368. The number of benzene rings is 1. The molecule has 5 heteroatoms. The van der Waals surface area contributed by atoms with E-state index in [0.717, 1.165) is 18.7 Å². The highest BCUT2D eigenvalue weighted by Gasteiger charge is 2.27. The number of nitrogens with zero attached hydrogens (tertiary/aromatic N) is 2. The van der Waals surface area contributed by atoms with Gasteiger partial charge in [0.2, 0.25) is 0 Å². The maximum absolute atomic E-state index is 12.5. The molecule has 1 N–H and O–H groups in total. The lowest BCUT2D eigenvalue weighted by Crippen LogP contribution is -2.49. The lowest BCUT2D eigenvalue weighted by atomic mass is 10.1. The summed E-state index contributed by atoms with van der Waals surface area (Å²) in [5, 5.41) is 3.02. The fourth-order valence-electron chi connectivity index (χ4n) is 2.87. The number of hydrogen-bond donors (Lipinski definition) is 1. The smallest absolute Gasteiger partial charge is 0.250 e. The predicted molar refractivity (Wildman–Crippen MR) is 92.3 cm³/mol. The molecular formula is C19H23N3O2.